The minimum Gasteiger partial charge on any atom is -0.252 e. The molecule has 2 heteroatoms. The van der Waals surface area contributed by atoms with Crippen LogP contribution in [0.2, 0.25) is 0 Å². The first-order chi connectivity index (χ1) is 4.77. The van der Waals surface area contributed by atoms with E-state index in [1.54, 1.807) is 0 Å². The Hall–Kier alpha value is -0.0800. The molecule has 10 heavy (non-hydrogen) atoms. The first kappa shape index (κ1) is 6.62. The van der Waals surface area contributed by atoms with E-state index >= 15 is 0 Å². The fraction of sp³-hybridized carbons (Fsp3) is 1.00. The van der Waals surface area contributed by atoms with Crippen molar-refractivity contribution in [1.29, 1.82) is 0 Å². The predicted octanol–water partition coefficient (Wildman–Crippen LogP) is 0.994. The van der Waals surface area contributed by atoms with Crippen molar-refractivity contribution in [1.82, 2.24) is 10.4 Å². The maximum Gasteiger partial charge on any atom is 0.0243 e. The van der Waals surface area contributed by atoms with E-state index in [1.807, 2.05) is 0 Å². The van der Waals surface area contributed by atoms with E-state index in [2.05, 4.69) is 24.4 Å². The van der Waals surface area contributed by atoms with E-state index in [9.17, 15) is 0 Å². The summed E-state index contributed by atoms with van der Waals surface area (Å²) in [6.45, 7) is 2.29. The van der Waals surface area contributed by atoms with Gasteiger partial charge < -0.3 is 0 Å². The van der Waals surface area contributed by atoms with E-state index in [0.717, 1.165) is 12.0 Å². The number of hydrazine groups is 1. The van der Waals surface area contributed by atoms with Crippen LogP contribution in [0.1, 0.15) is 26.2 Å². The van der Waals surface area contributed by atoms with Gasteiger partial charge in [0.2, 0.25) is 0 Å². The Morgan fingerprint density at radius 1 is 1.40 bits per heavy atom. The molecule has 0 radical (unpaired) electrons. The lowest BCUT2D eigenvalue weighted by Gasteiger charge is -2.35. The van der Waals surface area contributed by atoms with Crippen LogP contribution in [0.25, 0.3) is 0 Å². The summed E-state index contributed by atoms with van der Waals surface area (Å²) in [5, 5.41) is 2.30. The van der Waals surface area contributed by atoms with Gasteiger partial charge in [-0.25, -0.2) is 5.01 Å². The number of hydrogen-bond donors (Lipinski definition) is 1. The normalized spacial score (nSPS) is 48.0. The number of fused-ring (bicyclic) bond motifs is 2. The Morgan fingerprint density at radius 3 is 3.00 bits per heavy atom. The molecule has 1 N–H and O–H groups in total. The highest BCUT2D eigenvalue weighted by atomic mass is 15.5. The molecule has 0 spiro atoms. The summed E-state index contributed by atoms with van der Waals surface area (Å²) >= 11 is 0. The largest absolute Gasteiger partial charge is 0.252 e. The second-order valence-corrected chi connectivity index (χ2v) is 3.76. The maximum atomic E-state index is 3.47. The average Bonchev–Trinajstić information content (AvgIpc) is 2.28. The van der Waals surface area contributed by atoms with Gasteiger partial charge in [0.1, 0.15) is 0 Å². The summed E-state index contributed by atoms with van der Waals surface area (Å²) in [5.74, 6) is 0.959. The van der Waals surface area contributed by atoms with Crippen LogP contribution < -0.4 is 5.43 Å². The van der Waals surface area contributed by atoms with Gasteiger partial charge in [-0.2, -0.15) is 0 Å². The molecule has 2 aliphatic rings. The van der Waals surface area contributed by atoms with Crippen molar-refractivity contribution in [2.24, 2.45) is 5.92 Å². The summed E-state index contributed by atoms with van der Waals surface area (Å²) in [6.07, 6.45) is 4.26. The van der Waals surface area contributed by atoms with E-state index < -0.39 is 0 Å². The van der Waals surface area contributed by atoms with Crippen molar-refractivity contribution in [3.05, 3.63) is 0 Å². The van der Waals surface area contributed by atoms with E-state index in [1.165, 1.54) is 19.3 Å². The van der Waals surface area contributed by atoms with Gasteiger partial charge in [0.05, 0.1) is 0 Å². The number of nitrogens with one attached hydrogen (secondary N) is 1. The zero-order chi connectivity index (χ0) is 7.14. The highest BCUT2D eigenvalue weighted by molar-refractivity contribution is 4.89. The van der Waals surface area contributed by atoms with Crippen molar-refractivity contribution in [2.45, 2.75) is 38.3 Å². The minimum absolute atomic E-state index is 0.712. The lowest BCUT2D eigenvalue weighted by atomic mass is 9.98. The molecular formula is C8H16N2. The Balaban J connectivity index is 2.09. The second kappa shape index (κ2) is 2.21. The Morgan fingerprint density at radius 2 is 2.20 bits per heavy atom. The molecule has 1 aliphatic carbocycles. The van der Waals surface area contributed by atoms with Gasteiger partial charge in [0.15, 0.2) is 0 Å². The smallest absolute Gasteiger partial charge is 0.0243 e. The van der Waals surface area contributed by atoms with Crippen LogP contribution >= 0.6 is 0 Å². The van der Waals surface area contributed by atoms with Crippen LogP contribution in [0, 0.1) is 5.92 Å². The monoisotopic (exact) mass is 140 g/mol. The van der Waals surface area contributed by atoms with Crippen LogP contribution in [-0.2, 0) is 0 Å². The number of hydrogen-bond acceptors (Lipinski definition) is 2. The first-order valence-corrected chi connectivity index (χ1v) is 4.26. The van der Waals surface area contributed by atoms with E-state index in [0.29, 0.717) is 6.04 Å². The number of nitrogens with zero attached hydrogens (tertiary/aromatic N) is 1. The SMILES string of the molecule is C[C@H]1NN(C)[C@H]2CC[C@@H]1C2. The summed E-state index contributed by atoms with van der Waals surface area (Å²) in [5.41, 5.74) is 3.47. The third kappa shape index (κ3) is 0.867. The van der Waals surface area contributed by atoms with Gasteiger partial charge in [0.25, 0.3) is 0 Å². The van der Waals surface area contributed by atoms with Crippen molar-refractivity contribution in [3.63, 3.8) is 0 Å². The summed E-state index contributed by atoms with van der Waals surface area (Å²) in [6, 6.07) is 1.55. The zero-order valence-electron chi connectivity index (χ0n) is 6.80. The summed E-state index contributed by atoms with van der Waals surface area (Å²) in [4.78, 5) is 0. The fourth-order valence-electron chi connectivity index (χ4n) is 2.33. The molecule has 1 saturated carbocycles. The molecule has 0 aromatic heterocycles. The maximum absolute atomic E-state index is 3.47. The molecule has 2 nitrogen and oxygen atoms in total. The van der Waals surface area contributed by atoms with Gasteiger partial charge >= 0.3 is 0 Å². The molecule has 2 rings (SSSR count). The molecule has 1 heterocycles. The van der Waals surface area contributed by atoms with E-state index in [-0.39, 0.29) is 0 Å². The standard InChI is InChI=1S/C8H16N2/c1-6-7-3-4-8(5-7)10(2)9-6/h6-9H,3-5H2,1-2H3/t6-,7-,8+/m1/s1. The van der Waals surface area contributed by atoms with Gasteiger partial charge in [-0.1, -0.05) is 0 Å². The highest BCUT2D eigenvalue weighted by Crippen LogP contribution is 2.34. The molecule has 0 unspecified atom stereocenters. The molecule has 1 aliphatic heterocycles. The molecule has 58 valence electrons. The highest BCUT2D eigenvalue weighted by Gasteiger charge is 2.36. The molecule has 0 amide bonds. The molecule has 3 atom stereocenters. The fourth-order valence-corrected chi connectivity index (χ4v) is 2.33. The van der Waals surface area contributed by atoms with Crippen molar-refractivity contribution < 1.29 is 0 Å². The Bertz CT molecular complexity index is 121. The Kier molecular flexibility index (Phi) is 1.46. The van der Waals surface area contributed by atoms with Crippen LogP contribution in [0.4, 0.5) is 0 Å². The van der Waals surface area contributed by atoms with Crippen molar-refractivity contribution in [2.75, 3.05) is 7.05 Å². The van der Waals surface area contributed by atoms with Gasteiger partial charge in [0, 0.05) is 19.1 Å². The molecule has 2 fully saturated rings. The topological polar surface area (TPSA) is 15.3 Å². The van der Waals surface area contributed by atoms with Gasteiger partial charge in [-0.05, 0) is 32.1 Å². The van der Waals surface area contributed by atoms with Gasteiger partial charge in [-0.15, -0.1) is 0 Å². The quantitative estimate of drug-likeness (QED) is 0.540. The zero-order valence-corrected chi connectivity index (χ0v) is 6.80. The third-order valence-electron chi connectivity index (χ3n) is 3.11. The number of rotatable bonds is 0. The predicted molar refractivity (Wildman–Crippen MR) is 41.5 cm³/mol. The van der Waals surface area contributed by atoms with Crippen molar-refractivity contribution in [3.8, 4) is 0 Å². The third-order valence-corrected chi connectivity index (χ3v) is 3.11. The molecular weight excluding hydrogens is 124 g/mol. The lowest BCUT2D eigenvalue weighted by molar-refractivity contribution is 0.0893. The van der Waals surface area contributed by atoms with Gasteiger partial charge in [-0.3, -0.25) is 5.43 Å². The minimum atomic E-state index is 0.712. The van der Waals surface area contributed by atoms with Crippen LogP contribution in [0.3, 0.4) is 0 Å². The van der Waals surface area contributed by atoms with Crippen LogP contribution in [0.5, 0.6) is 0 Å². The Labute approximate surface area is 62.6 Å². The van der Waals surface area contributed by atoms with Crippen LogP contribution in [-0.4, -0.2) is 24.1 Å². The molecule has 0 aromatic carbocycles. The molecule has 2 bridgehead atoms. The molecule has 1 saturated heterocycles. The molecule has 0 aromatic rings. The lowest BCUT2D eigenvalue weighted by Crippen LogP contribution is -2.51. The summed E-state index contributed by atoms with van der Waals surface area (Å²) in [7, 11) is 2.17. The average molecular weight is 140 g/mol. The van der Waals surface area contributed by atoms with E-state index in [4.69, 9.17) is 0 Å². The summed E-state index contributed by atoms with van der Waals surface area (Å²) < 4.78 is 0. The second-order valence-electron chi connectivity index (χ2n) is 3.76. The van der Waals surface area contributed by atoms with Crippen molar-refractivity contribution >= 4 is 0 Å². The van der Waals surface area contributed by atoms with Crippen LogP contribution in [0.15, 0.2) is 0 Å². The first-order valence-electron chi connectivity index (χ1n) is 4.26.